The number of aryl methyl sites for hydroxylation is 1. The number of aliphatic hydroxyl groups excluding tert-OH is 1. The van der Waals surface area contributed by atoms with Crippen LogP contribution in [0.15, 0.2) is 11.2 Å². The van der Waals surface area contributed by atoms with Gasteiger partial charge in [-0.3, -0.25) is 9.79 Å². The maximum atomic E-state index is 11.7. The van der Waals surface area contributed by atoms with E-state index >= 15 is 0 Å². The predicted octanol–water partition coefficient (Wildman–Crippen LogP) is 2.99. The number of carbonyl (C=O) groups excluding carboxylic acids is 1. The number of rotatable bonds is 7. The second-order valence-corrected chi connectivity index (χ2v) is 7.06. The zero-order chi connectivity index (χ0) is 14.5. The number of aliphatic hydroxyl groups is 1. The monoisotopic (exact) mass is 294 g/mol. The fourth-order valence-electron chi connectivity index (χ4n) is 2.24. The van der Waals surface area contributed by atoms with E-state index in [-0.39, 0.29) is 12.4 Å². The van der Waals surface area contributed by atoms with Crippen molar-refractivity contribution in [3.63, 3.8) is 0 Å². The number of H-pyrrole nitrogens is 1. The van der Waals surface area contributed by atoms with Crippen molar-refractivity contribution in [3.05, 3.63) is 17.5 Å². The first kappa shape index (κ1) is 15.3. The van der Waals surface area contributed by atoms with Crippen molar-refractivity contribution in [2.45, 2.75) is 38.4 Å². The zero-order valence-electron chi connectivity index (χ0n) is 12.1. The molecular weight excluding hydrogens is 272 g/mol. The molecule has 0 radical (unpaired) electrons. The lowest BCUT2D eigenvalue weighted by Crippen LogP contribution is -2.12. The van der Waals surface area contributed by atoms with E-state index < -0.39 is 0 Å². The lowest BCUT2D eigenvalue weighted by molar-refractivity contribution is 0.0997. The molecule has 0 fully saturated rings. The van der Waals surface area contributed by atoms with Gasteiger partial charge in [-0.15, -0.1) is 0 Å². The molecule has 2 rings (SSSR count). The summed E-state index contributed by atoms with van der Waals surface area (Å²) in [7, 11) is 0. The van der Waals surface area contributed by atoms with Crippen molar-refractivity contribution in [3.8, 4) is 0 Å². The van der Waals surface area contributed by atoms with Crippen LogP contribution in [0.1, 0.15) is 42.7 Å². The summed E-state index contributed by atoms with van der Waals surface area (Å²) in [5, 5.41) is 10.0. The first-order valence-corrected chi connectivity index (χ1v) is 8.15. The van der Waals surface area contributed by atoms with Gasteiger partial charge in [-0.25, -0.2) is 0 Å². The maximum Gasteiger partial charge on any atom is 0.186 e. The number of thioether (sulfide) groups is 1. The van der Waals surface area contributed by atoms with Gasteiger partial charge in [0.15, 0.2) is 5.78 Å². The van der Waals surface area contributed by atoms with Gasteiger partial charge in [0, 0.05) is 25.4 Å². The van der Waals surface area contributed by atoms with Gasteiger partial charge in [0.05, 0.1) is 5.69 Å². The molecule has 0 bridgehead atoms. The molecule has 2 N–H and O–H groups in total. The fourth-order valence-corrected chi connectivity index (χ4v) is 3.17. The molecule has 110 valence electrons. The molecule has 1 aromatic rings. The number of ketones is 1. The van der Waals surface area contributed by atoms with E-state index in [0.29, 0.717) is 23.3 Å². The van der Waals surface area contributed by atoms with E-state index in [1.807, 2.05) is 18.0 Å². The molecule has 2 heterocycles. The van der Waals surface area contributed by atoms with E-state index in [2.05, 4.69) is 23.8 Å². The number of aromatic nitrogens is 1. The number of hydrogen-bond donors (Lipinski definition) is 2. The first-order chi connectivity index (χ1) is 9.61. The lowest BCUT2D eigenvalue weighted by Gasteiger charge is -2.15. The Morgan fingerprint density at radius 2 is 2.30 bits per heavy atom. The molecular formula is C15H22N2O2S. The number of fused-ring (bicyclic) bond motifs is 1. The molecule has 0 amide bonds. The third-order valence-corrected chi connectivity index (χ3v) is 4.78. The van der Waals surface area contributed by atoms with Gasteiger partial charge in [-0.05, 0) is 35.3 Å². The van der Waals surface area contributed by atoms with Crippen molar-refractivity contribution in [2.75, 3.05) is 12.4 Å². The molecule has 1 unspecified atom stereocenters. The van der Waals surface area contributed by atoms with Crippen LogP contribution in [0.4, 0.5) is 5.69 Å². The topological polar surface area (TPSA) is 65.4 Å². The van der Waals surface area contributed by atoms with Crippen LogP contribution in [-0.2, 0) is 6.42 Å². The number of nitrogens with one attached hydrogen (secondary N) is 1. The largest absolute Gasteiger partial charge is 0.396 e. The summed E-state index contributed by atoms with van der Waals surface area (Å²) >= 11 is 1.88. The molecule has 20 heavy (non-hydrogen) atoms. The van der Waals surface area contributed by atoms with Crippen LogP contribution < -0.4 is 0 Å². The highest BCUT2D eigenvalue weighted by Gasteiger charge is 2.20. The van der Waals surface area contributed by atoms with Gasteiger partial charge in [-0.1, -0.05) is 13.8 Å². The molecule has 0 saturated carbocycles. The van der Waals surface area contributed by atoms with Crippen molar-refractivity contribution in [2.24, 2.45) is 10.9 Å². The standard InChI is InChI=1S/C15H22N2O2S/c1-10(2)20-9-11(8-18)3-4-12-7-17-15-13(19)5-6-16-14(12)15/h6-7,10-11,17-18H,3-5,8-9H2,1-2H3. The minimum Gasteiger partial charge on any atom is -0.396 e. The highest BCUT2D eigenvalue weighted by atomic mass is 32.2. The van der Waals surface area contributed by atoms with Crippen LogP contribution in [-0.4, -0.2) is 39.7 Å². The normalized spacial score (nSPS) is 15.7. The summed E-state index contributed by atoms with van der Waals surface area (Å²) in [6, 6.07) is 0. The van der Waals surface area contributed by atoms with E-state index in [9.17, 15) is 9.90 Å². The Bertz CT molecular complexity index is 494. The van der Waals surface area contributed by atoms with Gasteiger partial charge < -0.3 is 10.1 Å². The van der Waals surface area contributed by atoms with Crippen molar-refractivity contribution < 1.29 is 9.90 Å². The van der Waals surface area contributed by atoms with E-state index in [1.54, 1.807) is 6.21 Å². The Morgan fingerprint density at radius 3 is 3.00 bits per heavy atom. The second kappa shape index (κ2) is 7.09. The second-order valence-electron chi connectivity index (χ2n) is 5.45. The molecule has 0 aromatic carbocycles. The smallest absolute Gasteiger partial charge is 0.186 e. The number of aromatic amines is 1. The number of aliphatic imine (C=N–C) groups is 1. The van der Waals surface area contributed by atoms with Gasteiger partial charge in [0.2, 0.25) is 0 Å². The minimum atomic E-state index is 0.107. The number of nitrogens with zero attached hydrogens (tertiary/aromatic N) is 1. The van der Waals surface area contributed by atoms with Crippen LogP contribution in [0.2, 0.25) is 0 Å². The molecule has 1 aliphatic rings. The molecule has 0 spiro atoms. The number of Topliss-reactive ketones (excluding diaryl/α,β-unsaturated/α-hetero) is 1. The van der Waals surface area contributed by atoms with Gasteiger partial charge in [-0.2, -0.15) is 11.8 Å². The molecule has 1 atom stereocenters. The summed E-state index contributed by atoms with van der Waals surface area (Å²) < 4.78 is 0. The van der Waals surface area contributed by atoms with E-state index in [4.69, 9.17) is 0 Å². The molecule has 1 aliphatic heterocycles. The van der Waals surface area contributed by atoms with Crippen molar-refractivity contribution in [1.82, 2.24) is 4.98 Å². The van der Waals surface area contributed by atoms with Gasteiger partial charge >= 0.3 is 0 Å². The fraction of sp³-hybridized carbons (Fsp3) is 0.600. The molecule has 0 saturated heterocycles. The summed E-state index contributed by atoms with van der Waals surface area (Å²) in [5.74, 6) is 1.38. The summed E-state index contributed by atoms with van der Waals surface area (Å²) in [5.41, 5.74) is 2.52. The number of carbonyl (C=O) groups is 1. The summed E-state index contributed by atoms with van der Waals surface area (Å²) in [6.45, 7) is 4.55. The summed E-state index contributed by atoms with van der Waals surface area (Å²) in [6.07, 6.45) is 5.72. The zero-order valence-corrected chi connectivity index (χ0v) is 12.9. The van der Waals surface area contributed by atoms with Crippen LogP contribution in [0.5, 0.6) is 0 Å². The Hall–Kier alpha value is -1.07. The van der Waals surface area contributed by atoms with Crippen LogP contribution in [0, 0.1) is 5.92 Å². The molecule has 0 aliphatic carbocycles. The Labute approximate surface area is 124 Å². The molecule has 1 aromatic heterocycles. The highest BCUT2D eigenvalue weighted by molar-refractivity contribution is 7.99. The van der Waals surface area contributed by atoms with Crippen molar-refractivity contribution >= 4 is 29.4 Å². The van der Waals surface area contributed by atoms with Crippen LogP contribution >= 0.6 is 11.8 Å². The van der Waals surface area contributed by atoms with Gasteiger partial charge in [0.1, 0.15) is 5.69 Å². The Kier molecular flexibility index (Phi) is 5.43. The van der Waals surface area contributed by atoms with Gasteiger partial charge in [0.25, 0.3) is 0 Å². The minimum absolute atomic E-state index is 0.107. The van der Waals surface area contributed by atoms with Crippen LogP contribution in [0.25, 0.3) is 0 Å². The predicted molar refractivity (Wildman–Crippen MR) is 84.4 cm³/mol. The lowest BCUT2D eigenvalue weighted by atomic mass is 10.0. The van der Waals surface area contributed by atoms with Crippen LogP contribution in [0.3, 0.4) is 0 Å². The average molecular weight is 294 g/mol. The maximum absolute atomic E-state index is 11.7. The third kappa shape index (κ3) is 3.73. The SMILES string of the molecule is CC(C)SCC(CO)CCc1c[nH]c2c1N=CCC2=O. The Morgan fingerprint density at radius 1 is 1.50 bits per heavy atom. The number of hydrogen-bond acceptors (Lipinski definition) is 4. The molecule has 5 heteroatoms. The first-order valence-electron chi connectivity index (χ1n) is 7.10. The van der Waals surface area contributed by atoms with E-state index in [1.165, 1.54) is 0 Å². The quantitative estimate of drug-likeness (QED) is 0.812. The highest BCUT2D eigenvalue weighted by Crippen LogP contribution is 2.30. The molecule has 4 nitrogen and oxygen atoms in total. The Balaban J connectivity index is 1.94. The summed E-state index contributed by atoms with van der Waals surface area (Å²) in [4.78, 5) is 19.1. The third-order valence-electron chi connectivity index (χ3n) is 3.45. The van der Waals surface area contributed by atoms with E-state index in [0.717, 1.165) is 29.8 Å². The van der Waals surface area contributed by atoms with Crippen molar-refractivity contribution in [1.29, 1.82) is 0 Å². The average Bonchev–Trinajstić information content (AvgIpc) is 2.83.